The predicted octanol–water partition coefficient (Wildman–Crippen LogP) is 3.94. The maximum absolute atomic E-state index is 10.9. The number of nitrogens with zero attached hydrogens (tertiary/aromatic N) is 1. The highest BCUT2D eigenvalue weighted by Crippen LogP contribution is 2.40. The summed E-state index contributed by atoms with van der Waals surface area (Å²) in [5, 5.41) is 13.9. The van der Waals surface area contributed by atoms with Gasteiger partial charge in [-0.1, -0.05) is 32.0 Å². The second-order valence-electron chi connectivity index (χ2n) is 8.19. The largest absolute Gasteiger partial charge is 0.481 e. The van der Waals surface area contributed by atoms with Crippen molar-refractivity contribution in [2.45, 2.75) is 64.3 Å². The van der Waals surface area contributed by atoms with Gasteiger partial charge in [0.05, 0.1) is 12.5 Å². The summed E-state index contributed by atoms with van der Waals surface area (Å²) in [5.74, 6) is -0.898. The van der Waals surface area contributed by atoms with Crippen molar-refractivity contribution >= 4 is 25.3 Å². The summed E-state index contributed by atoms with van der Waals surface area (Å²) in [7, 11) is -1.82. The number of rotatable bonds is 4. The van der Waals surface area contributed by atoms with Crippen LogP contribution in [0.3, 0.4) is 0 Å². The van der Waals surface area contributed by atoms with Crippen molar-refractivity contribution in [1.82, 2.24) is 5.16 Å². The van der Waals surface area contributed by atoms with Crippen molar-refractivity contribution in [2.24, 2.45) is 0 Å². The first-order chi connectivity index (χ1) is 11.1. The van der Waals surface area contributed by atoms with Gasteiger partial charge in [-0.3, -0.25) is 4.79 Å². The lowest BCUT2D eigenvalue weighted by Crippen LogP contribution is -2.44. The lowest BCUT2D eigenvalue weighted by Gasteiger charge is -2.38. The van der Waals surface area contributed by atoms with E-state index in [1.165, 1.54) is 5.56 Å². The minimum absolute atomic E-state index is 0.115. The number of fused-ring (bicyclic) bond motifs is 3. The van der Waals surface area contributed by atoms with E-state index in [0.29, 0.717) is 5.69 Å². The molecule has 130 valence electrons. The Kier molecular flexibility index (Phi) is 4.08. The van der Waals surface area contributed by atoms with Crippen molar-refractivity contribution in [3.63, 3.8) is 0 Å². The Labute approximate surface area is 143 Å². The van der Waals surface area contributed by atoms with Crippen LogP contribution in [0.1, 0.15) is 37.6 Å². The number of hydrogen-bond donors (Lipinski definition) is 1. The molecule has 1 aliphatic carbocycles. The fourth-order valence-corrected chi connectivity index (χ4v) is 4.41. The van der Waals surface area contributed by atoms with Crippen LogP contribution in [0.2, 0.25) is 18.1 Å². The topological polar surface area (TPSA) is 72.6 Å². The first kappa shape index (κ1) is 17.2. The summed E-state index contributed by atoms with van der Waals surface area (Å²) in [5.41, 5.74) is 3.57. The Morgan fingerprint density at radius 2 is 2.08 bits per heavy atom. The molecule has 0 spiro atoms. The van der Waals surface area contributed by atoms with Crippen molar-refractivity contribution in [3.05, 3.63) is 29.0 Å². The molecule has 24 heavy (non-hydrogen) atoms. The summed E-state index contributed by atoms with van der Waals surface area (Å²) < 4.78 is 12.0. The van der Waals surface area contributed by atoms with E-state index >= 15 is 0 Å². The van der Waals surface area contributed by atoms with Crippen molar-refractivity contribution < 1.29 is 18.9 Å². The van der Waals surface area contributed by atoms with E-state index in [1.807, 2.05) is 6.07 Å². The lowest BCUT2D eigenvalue weighted by molar-refractivity contribution is -0.136. The SMILES string of the molecule is CC(C)(C)[Si](C)(C)OC1Cc2ccc3c(CC(=O)O)noc3c2C1. The zero-order valence-electron chi connectivity index (χ0n) is 15.0. The van der Waals surface area contributed by atoms with Crippen molar-refractivity contribution in [3.8, 4) is 0 Å². The van der Waals surface area contributed by atoms with E-state index in [2.05, 4.69) is 45.1 Å². The molecule has 5 nitrogen and oxygen atoms in total. The van der Waals surface area contributed by atoms with Crippen LogP contribution in [0, 0.1) is 0 Å². The summed E-state index contributed by atoms with van der Waals surface area (Å²) in [4.78, 5) is 10.9. The van der Waals surface area contributed by atoms with Gasteiger partial charge in [0, 0.05) is 17.4 Å². The van der Waals surface area contributed by atoms with Crippen LogP contribution < -0.4 is 0 Å². The van der Waals surface area contributed by atoms with Crippen LogP contribution in [-0.4, -0.2) is 30.7 Å². The molecule has 1 aromatic carbocycles. The van der Waals surface area contributed by atoms with Gasteiger partial charge >= 0.3 is 5.97 Å². The van der Waals surface area contributed by atoms with Crippen LogP contribution >= 0.6 is 0 Å². The molecule has 1 aliphatic rings. The van der Waals surface area contributed by atoms with Crippen LogP contribution in [0.15, 0.2) is 16.7 Å². The summed E-state index contributed by atoms with van der Waals surface area (Å²) in [6.45, 7) is 11.3. The first-order valence-electron chi connectivity index (χ1n) is 8.37. The molecule has 1 heterocycles. The van der Waals surface area contributed by atoms with Gasteiger partial charge in [-0.15, -0.1) is 0 Å². The Morgan fingerprint density at radius 3 is 2.71 bits per heavy atom. The van der Waals surface area contributed by atoms with E-state index < -0.39 is 14.3 Å². The fraction of sp³-hybridized carbons (Fsp3) is 0.556. The number of hydrogen-bond acceptors (Lipinski definition) is 4. The normalized spacial score (nSPS) is 18.1. The van der Waals surface area contributed by atoms with E-state index in [4.69, 9.17) is 14.1 Å². The Hall–Kier alpha value is -1.66. The second-order valence-corrected chi connectivity index (χ2v) is 12.9. The molecule has 0 saturated carbocycles. The number of carboxylic acids is 1. The molecular formula is C18H25NO4Si. The Morgan fingerprint density at radius 1 is 1.38 bits per heavy atom. The zero-order chi connectivity index (χ0) is 17.7. The number of aromatic nitrogens is 1. The average Bonchev–Trinajstić information content (AvgIpc) is 2.99. The summed E-state index contributed by atoms with van der Waals surface area (Å²) >= 11 is 0. The van der Waals surface area contributed by atoms with E-state index in [9.17, 15) is 4.79 Å². The third kappa shape index (κ3) is 3.00. The van der Waals surface area contributed by atoms with Crippen molar-refractivity contribution in [2.75, 3.05) is 0 Å². The molecular weight excluding hydrogens is 322 g/mol. The maximum Gasteiger partial charge on any atom is 0.309 e. The molecule has 0 saturated heterocycles. The van der Waals surface area contributed by atoms with E-state index in [-0.39, 0.29) is 17.6 Å². The highest BCUT2D eigenvalue weighted by Gasteiger charge is 2.40. The fourth-order valence-electron chi connectivity index (χ4n) is 3.06. The summed E-state index contributed by atoms with van der Waals surface area (Å²) in [6.07, 6.45) is 1.74. The van der Waals surface area contributed by atoms with E-state index in [0.717, 1.165) is 29.4 Å². The Bertz CT molecular complexity index is 788. The third-order valence-electron chi connectivity index (χ3n) is 5.38. The molecule has 2 aromatic rings. The molecule has 0 amide bonds. The van der Waals surface area contributed by atoms with Gasteiger partial charge in [-0.25, -0.2) is 0 Å². The highest BCUT2D eigenvalue weighted by molar-refractivity contribution is 6.74. The van der Waals surface area contributed by atoms with Crippen LogP contribution in [0.5, 0.6) is 0 Å². The van der Waals surface area contributed by atoms with Gasteiger partial charge in [0.15, 0.2) is 13.9 Å². The van der Waals surface area contributed by atoms with Gasteiger partial charge in [0.25, 0.3) is 0 Å². The van der Waals surface area contributed by atoms with Crippen LogP contribution in [0.25, 0.3) is 11.0 Å². The smallest absolute Gasteiger partial charge is 0.309 e. The van der Waals surface area contributed by atoms with Gasteiger partial charge in [-0.2, -0.15) is 0 Å². The molecule has 0 aliphatic heterocycles. The van der Waals surface area contributed by atoms with Crippen molar-refractivity contribution in [1.29, 1.82) is 0 Å². The molecule has 0 fully saturated rings. The molecule has 1 atom stereocenters. The highest BCUT2D eigenvalue weighted by atomic mass is 28.4. The zero-order valence-corrected chi connectivity index (χ0v) is 16.0. The maximum atomic E-state index is 10.9. The predicted molar refractivity (Wildman–Crippen MR) is 94.8 cm³/mol. The molecule has 1 unspecified atom stereocenters. The van der Waals surface area contributed by atoms with Crippen LogP contribution in [-0.2, 0) is 28.5 Å². The molecule has 0 radical (unpaired) electrons. The van der Waals surface area contributed by atoms with E-state index in [1.54, 1.807) is 0 Å². The molecule has 3 rings (SSSR count). The molecule has 1 N–H and O–H groups in total. The number of carbonyl (C=O) groups is 1. The first-order valence-corrected chi connectivity index (χ1v) is 11.3. The van der Waals surface area contributed by atoms with Gasteiger partial charge in [-0.05, 0) is 36.2 Å². The minimum Gasteiger partial charge on any atom is -0.481 e. The molecule has 0 bridgehead atoms. The monoisotopic (exact) mass is 347 g/mol. The average molecular weight is 347 g/mol. The second kappa shape index (κ2) is 5.70. The summed E-state index contributed by atoms with van der Waals surface area (Å²) in [6, 6.07) is 3.99. The Balaban J connectivity index is 1.86. The third-order valence-corrected chi connectivity index (χ3v) is 9.92. The minimum atomic E-state index is -1.82. The number of carboxylic acid groups (broad SMARTS) is 1. The van der Waals surface area contributed by atoms with Gasteiger partial charge in [0.1, 0.15) is 5.69 Å². The molecule has 1 aromatic heterocycles. The standard InChI is InChI=1S/C18H25NO4Si/c1-18(2,3)24(4,5)23-12-8-11-6-7-13-15(10-16(20)21)19-22-17(13)14(11)9-12/h6-7,12H,8-10H2,1-5H3,(H,20,21). The molecule has 6 heteroatoms. The number of benzene rings is 1. The quantitative estimate of drug-likeness (QED) is 0.848. The lowest BCUT2D eigenvalue weighted by atomic mass is 10.1. The van der Waals surface area contributed by atoms with Gasteiger partial charge in [0.2, 0.25) is 0 Å². The van der Waals surface area contributed by atoms with Gasteiger partial charge < -0.3 is 14.1 Å². The number of aliphatic carboxylic acids is 1. The van der Waals surface area contributed by atoms with Crippen LogP contribution in [0.4, 0.5) is 0 Å².